The van der Waals surface area contributed by atoms with Gasteiger partial charge in [0.15, 0.2) is 0 Å². The van der Waals surface area contributed by atoms with Gasteiger partial charge in [-0.2, -0.15) is 0 Å². The van der Waals surface area contributed by atoms with Crippen LogP contribution in [0.2, 0.25) is 0 Å². The van der Waals surface area contributed by atoms with Gasteiger partial charge in [-0.25, -0.2) is 0 Å². The molecule has 1 fully saturated rings. The zero-order chi connectivity index (χ0) is 11.6. The molecule has 0 spiro atoms. The predicted octanol–water partition coefficient (Wildman–Crippen LogP) is 3.73. The molecule has 1 saturated heterocycles. The Morgan fingerprint density at radius 2 is 1.79 bits per heavy atom. The van der Waals surface area contributed by atoms with Gasteiger partial charge in [0.1, 0.15) is 0 Å². The van der Waals surface area contributed by atoms with Gasteiger partial charge in [0, 0.05) is 6.58 Å². The standard InChI is InChI=1S/C13H26O/c1-9(2)6-12-11(5)8-14-13(12)7-10(3)4/h9-13H,6-8H2,1-5H3/i8D. The van der Waals surface area contributed by atoms with Crippen LogP contribution >= 0.6 is 0 Å². The van der Waals surface area contributed by atoms with E-state index in [4.69, 9.17) is 6.11 Å². The summed E-state index contributed by atoms with van der Waals surface area (Å²) < 4.78 is 13.6. The molecule has 0 aromatic rings. The highest BCUT2D eigenvalue weighted by Gasteiger charge is 2.34. The van der Waals surface area contributed by atoms with Crippen LogP contribution in [0.3, 0.4) is 0 Å². The van der Waals surface area contributed by atoms with Gasteiger partial charge in [0.05, 0.1) is 7.47 Å². The first kappa shape index (κ1) is 10.5. The average molecular weight is 199 g/mol. The van der Waals surface area contributed by atoms with Crippen molar-refractivity contribution in [2.24, 2.45) is 23.7 Å². The van der Waals surface area contributed by atoms with E-state index in [2.05, 4.69) is 34.6 Å². The van der Waals surface area contributed by atoms with E-state index in [0.717, 1.165) is 6.42 Å². The Kier molecular flexibility index (Phi) is 3.86. The fourth-order valence-corrected chi connectivity index (χ4v) is 2.37. The van der Waals surface area contributed by atoms with Crippen molar-refractivity contribution in [1.29, 1.82) is 0 Å². The van der Waals surface area contributed by atoms with Crippen molar-refractivity contribution in [2.75, 3.05) is 6.58 Å². The molecule has 0 radical (unpaired) electrons. The highest BCUT2D eigenvalue weighted by atomic mass is 16.5. The lowest BCUT2D eigenvalue weighted by atomic mass is 9.82. The summed E-state index contributed by atoms with van der Waals surface area (Å²) in [6.45, 7) is 10.9. The van der Waals surface area contributed by atoms with Crippen LogP contribution in [0.15, 0.2) is 0 Å². The van der Waals surface area contributed by atoms with Gasteiger partial charge in [-0.3, -0.25) is 0 Å². The summed E-state index contributed by atoms with van der Waals surface area (Å²) in [4.78, 5) is 0. The monoisotopic (exact) mass is 199 g/mol. The molecule has 0 saturated carbocycles. The molecule has 0 bridgehead atoms. The fraction of sp³-hybridized carbons (Fsp3) is 1.00. The Morgan fingerprint density at radius 1 is 1.21 bits per heavy atom. The van der Waals surface area contributed by atoms with Crippen LogP contribution in [0.4, 0.5) is 0 Å². The van der Waals surface area contributed by atoms with E-state index in [1.54, 1.807) is 0 Å². The fourth-order valence-electron chi connectivity index (χ4n) is 2.37. The summed E-state index contributed by atoms with van der Waals surface area (Å²) in [5.41, 5.74) is 0. The first-order chi connectivity index (χ1) is 6.91. The minimum Gasteiger partial charge on any atom is -0.378 e. The van der Waals surface area contributed by atoms with E-state index in [1.165, 1.54) is 6.42 Å². The molecular formula is C13H26O. The summed E-state index contributed by atoms with van der Waals surface area (Å²) in [5.74, 6) is 2.37. The quantitative estimate of drug-likeness (QED) is 0.670. The molecule has 1 aliphatic rings. The maximum atomic E-state index is 7.87. The summed E-state index contributed by atoms with van der Waals surface area (Å²) >= 11 is 0. The molecule has 1 heteroatoms. The van der Waals surface area contributed by atoms with E-state index in [9.17, 15) is 0 Å². The van der Waals surface area contributed by atoms with Crippen LogP contribution in [-0.4, -0.2) is 12.7 Å². The molecular weight excluding hydrogens is 172 g/mol. The van der Waals surface area contributed by atoms with E-state index in [-0.39, 0.29) is 6.58 Å². The Labute approximate surface area is 90.6 Å². The van der Waals surface area contributed by atoms with Gasteiger partial charge in [0.2, 0.25) is 0 Å². The maximum Gasteiger partial charge on any atom is 0.0609 e. The number of ether oxygens (including phenoxy) is 1. The highest BCUT2D eigenvalue weighted by molar-refractivity contribution is 4.82. The minimum atomic E-state index is -0.294. The minimum absolute atomic E-state index is 0.294. The van der Waals surface area contributed by atoms with Gasteiger partial charge in [-0.05, 0) is 36.5 Å². The second-order valence-electron chi connectivity index (χ2n) is 5.59. The highest BCUT2D eigenvalue weighted by Crippen LogP contribution is 2.35. The largest absolute Gasteiger partial charge is 0.378 e. The molecule has 84 valence electrons. The zero-order valence-electron chi connectivity index (χ0n) is 11.3. The molecule has 4 unspecified atom stereocenters. The Morgan fingerprint density at radius 3 is 2.29 bits per heavy atom. The van der Waals surface area contributed by atoms with E-state index in [0.29, 0.717) is 29.8 Å². The van der Waals surface area contributed by atoms with Crippen molar-refractivity contribution >= 4 is 0 Å². The molecule has 0 aromatic heterocycles. The van der Waals surface area contributed by atoms with Crippen LogP contribution in [0.1, 0.15) is 48.8 Å². The van der Waals surface area contributed by atoms with Crippen molar-refractivity contribution in [2.45, 2.75) is 53.6 Å². The SMILES string of the molecule is [2H]C1OC(CC(C)C)C(CC(C)C)C1C. The Balaban J connectivity index is 2.60. The third-order valence-electron chi connectivity index (χ3n) is 3.07. The van der Waals surface area contributed by atoms with Crippen molar-refractivity contribution < 1.29 is 6.11 Å². The molecule has 1 nitrogen and oxygen atoms in total. The zero-order valence-corrected chi connectivity index (χ0v) is 10.3. The normalized spacial score (nSPS) is 39.5. The van der Waals surface area contributed by atoms with Gasteiger partial charge in [0.25, 0.3) is 0 Å². The van der Waals surface area contributed by atoms with Crippen molar-refractivity contribution in [1.82, 2.24) is 0 Å². The summed E-state index contributed by atoms with van der Waals surface area (Å²) in [6, 6.07) is 0. The topological polar surface area (TPSA) is 9.23 Å². The first-order valence-corrected chi connectivity index (χ1v) is 5.99. The lowest BCUT2D eigenvalue weighted by molar-refractivity contribution is 0.0683. The van der Waals surface area contributed by atoms with Gasteiger partial charge in [-0.15, -0.1) is 0 Å². The molecule has 0 aliphatic carbocycles. The molecule has 1 heterocycles. The molecule has 0 N–H and O–H groups in total. The smallest absolute Gasteiger partial charge is 0.0609 e. The van der Waals surface area contributed by atoms with E-state index in [1.807, 2.05) is 0 Å². The van der Waals surface area contributed by atoms with Crippen LogP contribution in [0.25, 0.3) is 0 Å². The summed E-state index contributed by atoms with van der Waals surface area (Å²) in [7, 11) is 0. The predicted molar refractivity (Wildman–Crippen MR) is 61.3 cm³/mol. The van der Waals surface area contributed by atoms with Gasteiger partial charge in [-0.1, -0.05) is 34.6 Å². The molecule has 4 atom stereocenters. The number of rotatable bonds is 4. The van der Waals surface area contributed by atoms with E-state index >= 15 is 0 Å². The first-order valence-electron chi connectivity index (χ1n) is 6.57. The third kappa shape index (κ3) is 3.27. The number of hydrogen-bond donors (Lipinski definition) is 0. The van der Waals surface area contributed by atoms with Crippen molar-refractivity contribution in [3.05, 3.63) is 0 Å². The lowest BCUT2D eigenvalue weighted by Crippen LogP contribution is -2.22. The van der Waals surface area contributed by atoms with Crippen LogP contribution in [0, 0.1) is 23.7 Å². The van der Waals surface area contributed by atoms with Crippen LogP contribution < -0.4 is 0 Å². The van der Waals surface area contributed by atoms with E-state index < -0.39 is 0 Å². The van der Waals surface area contributed by atoms with Crippen molar-refractivity contribution in [3.63, 3.8) is 0 Å². The lowest BCUT2D eigenvalue weighted by Gasteiger charge is -2.24. The maximum absolute atomic E-state index is 7.87. The van der Waals surface area contributed by atoms with Crippen molar-refractivity contribution in [3.8, 4) is 0 Å². The molecule has 1 rings (SSSR count). The molecule has 14 heavy (non-hydrogen) atoms. The van der Waals surface area contributed by atoms with Crippen LogP contribution in [0.5, 0.6) is 0 Å². The Bertz CT molecular complexity index is 189. The number of hydrogen-bond acceptors (Lipinski definition) is 1. The Hall–Kier alpha value is -0.0400. The molecule has 1 aliphatic heterocycles. The third-order valence-corrected chi connectivity index (χ3v) is 3.07. The summed E-state index contributed by atoms with van der Waals surface area (Å²) in [6.07, 6.45) is 2.63. The van der Waals surface area contributed by atoms with Gasteiger partial charge >= 0.3 is 0 Å². The van der Waals surface area contributed by atoms with Crippen LogP contribution in [-0.2, 0) is 4.74 Å². The second kappa shape index (κ2) is 5.16. The van der Waals surface area contributed by atoms with Gasteiger partial charge < -0.3 is 4.74 Å². The summed E-state index contributed by atoms with van der Waals surface area (Å²) in [5, 5.41) is 0. The average Bonchev–Trinajstić information content (AvgIpc) is 2.31. The molecule has 0 amide bonds. The second-order valence-corrected chi connectivity index (χ2v) is 5.59. The molecule has 0 aromatic carbocycles.